The second kappa shape index (κ2) is 8.73. The number of pyridine rings is 1. The molecular formula is C20H19F3N2O3S2. The lowest BCUT2D eigenvalue weighted by atomic mass is 10.2. The Morgan fingerprint density at radius 1 is 1.13 bits per heavy atom. The summed E-state index contributed by atoms with van der Waals surface area (Å²) < 4.78 is 62.9. The van der Waals surface area contributed by atoms with Crippen LogP contribution in [0.2, 0.25) is 0 Å². The quantitative estimate of drug-likeness (QED) is 0.536. The van der Waals surface area contributed by atoms with Crippen molar-refractivity contribution in [2.75, 3.05) is 12.3 Å². The molecule has 0 aliphatic rings. The Hall–Kier alpha value is -2.46. The van der Waals surface area contributed by atoms with Gasteiger partial charge in [-0.1, -0.05) is 30.3 Å². The number of benzene rings is 1. The molecule has 3 rings (SSSR count). The second-order valence-corrected chi connectivity index (χ2v) is 9.97. The smallest absolute Gasteiger partial charge is 0.351 e. The maximum absolute atomic E-state index is 12.8. The van der Waals surface area contributed by atoms with Crippen molar-refractivity contribution in [3.05, 3.63) is 64.2 Å². The van der Waals surface area contributed by atoms with Gasteiger partial charge in [-0.3, -0.25) is 4.79 Å². The predicted molar refractivity (Wildman–Crippen MR) is 110 cm³/mol. The van der Waals surface area contributed by atoms with Crippen molar-refractivity contribution >= 4 is 37.3 Å². The molecule has 1 amide bonds. The van der Waals surface area contributed by atoms with E-state index < -0.39 is 27.6 Å². The summed E-state index contributed by atoms with van der Waals surface area (Å²) in [4.78, 5) is 16.5. The average Bonchev–Trinajstić information content (AvgIpc) is 3.01. The normalized spacial score (nSPS) is 12.3. The van der Waals surface area contributed by atoms with Gasteiger partial charge < -0.3 is 5.32 Å². The zero-order chi connectivity index (χ0) is 21.9. The molecule has 1 N–H and O–H groups in total. The zero-order valence-electron chi connectivity index (χ0n) is 16.0. The van der Waals surface area contributed by atoms with Gasteiger partial charge in [0.2, 0.25) is 0 Å². The summed E-state index contributed by atoms with van der Waals surface area (Å²) in [7, 11) is -3.31. The van der Waals surface area contributed by atoms with E-state index in [2.05, 4.69) is 10.3 Å². The van der Waals surface area contributed by atoms with Crippen molar-refractivity contribution in [2.24, 2.45) is 0 Å². The van der Waals surface area contributed by atoms with Gasteiger partial charge in [0.25, 0.3) is 5.91 Å². The van der Waals surface area contributed by atoms with E-state index in [4.69, 9.17) is 0 Å². The van der Waals surface area contributed by atoms with Gasteiger partial charge in [0.15, 0.2) is 9.84 Å². The minimum Gasteiger partial charge on any atom is -0.351 e. The fourth-order valence-electron chi connectivity index (χ4n) is 2.95. The van der Waals surface area contributed by atoms with Crippen molar-refractivity contribution < 1.29 is 26.4 Å². The number of fused-ring (bicyclic) bond motifs is 1. The summed E-state index contributed by atoms with van der Waals surface area (Å²) in [6.45, 7) is 1.79. The van der Waals surface area contributed by atoms with Gasteiger partial charge >= 0.3 is 6.18 Å². The third-order valence-corrected chi connectivity index (χ3v) is 7.33. The first kappa shape index (κ1) is 22.2. The number of nitrogens with one attached hydrogen (secondary N) is 1. The van der Waals surface area contributed by atoms with E-state index in [1.165, 1.54) is 6.07 Å². The Balaban J connectivity index is 1.59. The van der Waals surface area contributed by atoms with E-state index in [-0.39, 0.29) is 34.2 Å². The third kappa shape index (κ3) is 5.37. The highest BCUT2D eigenvalue weighted by Crippen LogP contribution is 2.34. The van der Waals surface area contributed by atoms with Crippen LogP contribution in [0.4, 0.5) is 13.2 Å². The van der Waals surface area contributed by atoms with Crippen molar-refractivity contribution in [2.45, 2.75) is 25.3 Å². The Morgan fingerprint density at radius 3 is 2.50 bits per heavy atom. The van der Waals surface area contributed by atoms with Gasteiger partial charge in [0, 0.05) is 11.9 Å². The van der Waals surface area contributed by atoms with Crippen LogP contribution in [0.25, 0.3) is 10.2 Å². The molecule has 3 aromatic rings. The van der Waals surface area contributed by atoms with E-state index in [0.717, 1.165) is 17.4 Å². The number of halogens is 3. The Bertz CT molecular complexity index is 1160. The molecule has 0 radical (unpaired) electrons. The molecule has 0 bridgehead atoms. The molecule has 0 saturated heterocycles. The Morgan fingerprint density at radius 2 is 1.83 bits per heavy atom. The SMILES string of the molecule is Cc1c(C(=O)NCCCS(=O)(=O)Cc2ccccc2)sc2nc(C(F)(F)F)ccc12. The number of aromatic nitrogens is 1. The highest BCUT2D eigenvalue weighted by Gasteiger charge is 2.33. The zero-order valence-corrected chi connectivity index (χ0v) is 17.6. The molecule has 0 aliphatic carbocycles. The molecule has 0 spiro atoms. The van der Waals surface area contributed by atoms with Crippen molar-refractivity contribution in [3.63, 3.8) is 0 Å². The molecule has 0 aliphatic heterocycles. The Labute approximate surface area is 175 Å². The number of hydrogen-bond acceptors (Lipinski definition) is 5. The van der Waals surface area contributed by atoms with Crippen LogP contribution in [0.1, 0.15) is 32.9 Å². The number of rotatable bonds is 7. The van der Waals surface area contributed by atoms with Crippen LogP contribution in [-0.4, -0.2) is 31.6 Å². The minimum atomic E-state index is -4.56. The number of aryl methyl sites for hydroxylation is 1. The predicted octanol–water partition coefficient (Wildman–Crippen LogP) is 4.36. The lowest BCUT2D eigenvalue weighted by molar-refractivity contribution is -0.140. The summed E-state index contributed by atoms with van der Waals surface area (Å²) in [6, 6.07) is 11.0. The van der Waals surface area contributed by atoms with E-state index in [0.29, 0.717) is 16.5 Å². The fourth-order valence-corrected chi connectivity index (χ4v) is 5.47. The standard InChI is InChI=1S/C20H19F3N2O3S2/c1-13-15-8-9-16(20(21,22)23)25-19(15)29-17(13)18(26)24-10-5-11-30(27,28)12-14-6-3-2-4-7-14/h2-4,6-9H,5,10-12H2,1H3,(H,24,26). The molecule has 30 heavy (non-hydrogen) atoms. The number of alkyl halides is 3. The van der Waals surface area contributed by atoms with Gasteiger partial charge in [0.05, 0.1) is 16.4 Å². The molecule has 2 aromatic heterocycles. The summed E-state index contributed by atoms with van der Waals surface area (Å²) >= 11 is 0.886. The molecule has 1 aromatic carbocycles. The van der Waals surface area contributed by atoms with Gasteiger partial charge in [-0.15, -0.1) is 11.3 Å². The number of thiophene rings is 1. The highest BCUT2D eigenvalue weighted by molar-refractivity contribution is 7.90. The van der Waals surface area contributed by atoms with Crippen LogP contribution in [0.15, 0.2) is 42.5 Å². The highest BCUT2D eigenvalue weighted by atomic mass is 32.2. The number of sulfone groups is 1. The summed E-state index contributed by atoms with van der Waals surface area (Å²) in [5, 5.41) is 3.13. The van der Waals surface area contributed by atoms with Crippen LogP contribution >= 0.6 is 11.3 Å². The van der Waals surface area contributed by atoms with Gasteiger partial charge in [-0.25, -0.2) is 13.4 Å². The summed E-state index contributed by atoms with van der Waals surface area (Å²) in [5.41, 5.74) is 0.241. The number of hydrogen-bond donors (Lipinski definition) is 1. The van der Waals surface area contributed by atoms with Crippen LogP contribution in [0.5, 0.6) is 0 Å². The maximum Gasteiger partial charge on any atom is 0.433 e. The maximum atomic E-state index is 12.8. The third-order valence-electron chi connectivity index (χ3n) is 4.45. The molecule has 0 saturated carbocycles. The van der Waals surface area contributed by atoms with E-state index in [1.807, 2.05) is 0 Å². The molecule has 5 nitrogen and oxygen atoms in total. The summed E-state index contributed by atoms with van der Waals surface area (Å²) in [6.07, 6.45) is -4.32. The lowest BCUT2D eigenvalue weighted by Gasteiger charge is -2.06. The number of carbonyl (C=O) groups excluding carboxylic acids is 1. The molecule has 0 fully saturated rings. The molecule has 2 heterocycles. The molecule has 0 unspecified atom stereocenters. The molecule has 10 heteroatoms. The first-order valence-corrected chi connectivity index (χ1v) is 11.7. The molecular weight excluding hydrogens is 437 g/mol. The van der Waals surface area contributed by atoms with E-state index in [9.17, 15) is 26.4 Å². The van der Waals surface area contributed by atoms with Crippen LogP contribution < -0.4 is 5.32 Å². The van der Waals surface area contributed by atoms with E-state index in [1.54, 1.807) is 37.3 Å². The minimum absolute atomic E-state index is 0.0651. The van der Waals surface area contributed by atoms with Crippen molar-refractivity contribution in [3.8, 4) is 0 Å². The first-order valence-electron chi connectivity index (χ1n) is 9.07. The van der Waals surface area contributed by atoms with Crippen LogP contribution in [0, 0.1) is 6.92 Å². The Kier molecular flexibility index (Phi) is 6.47. The van der Waals surface area contributed by atoms with Gasteiger partial charge in [0.1, 0.15) is 10.5 Å². The molecule has 160 valence electrons. The largest absolute Gasteiger partial charge is 0.433 e. The first-order chi connectivity index (χ1) is 14.1. The number of amides is 1. The van der Waals surface area contributed by atoms with Crippen LogP contribution in [-0.2, 0) is 21.8 Å². The van der Waals surface area contributed by atoms with Crippen LogP contribution in [0.3, 0.4) is 0 Å². The summed E-state index contributed by atoms with van der Waals surface area (Å²) in [5.74, 6) is -0.599. The van der Waals surface area contributed by atoms with Crippen molar-refractivity contribution in [1.82, 2.24) is 10.3 Å². The topological polar surface area (TPSA) is 76.1 Å². The second-order valence-electron chi connectivity index (χ2n) is 6.79. The van der Waals surface area contributed by atoms with E-state index >= 15 is 0 Å². The monoisotopic (exact) mass is 456 g/mol. The number of nitrogens with zero attached hydrogens (tertiary/aromatic N) is 1. The molecule has 0 atom stereocenters. The average molecular weight is 457 g/mol. The van der Waals surface area contributed by atoms with Gasteiger partial charge in [-0.2, -0.15) is 13.2 Å². The number of carbonyl (C=O) groups is 1. The fraction of sp³-hybridized carbons (Fsp3) is 0.300. The lowest BCUT2D eigenvalue weighted by Crippen LogP contribution is -2.26. The van der Waals surface area contributed by atoms with Gasteiger partial charge in [-0.05, 0) is 36.6 Å². The van der Waals surface area contributed by atoms with Crippen molar-refractivity contribution in [1.29, 1.82) is 0 Å².